The van der Waals surface area contributed by atoms with E-state index >= 15 is 0 Å². The van der Waals surface area contributed by atoms with Gasteiger partial charge in [0.2, 0.25) is 0 Å². The van der Waals surface area contributed by atoms with Crippen molar-refractivity contribution in [3.63, 3.8) is 0 Å². The van der Waals surface area contributed by atoms with Crippen molar-refractivity contribution < 1.29 is 4.74 Å². The molecular weight excluding hydrogens is 212 g/mol. The first-order chi connectivity index (χ1) is 8.42. The van der Waals surface area contributed by atoms with Gasteiger partial charge in [-0.3, -0.25) is 0 Å². The summed E-state index contributed by atoms with van der Waals surface area (Å²) in [6.07, 6.45) is 8.15. The van der Waals surface area contributed by atoms with Crippen LogP contribution in [0.5, 0.6) is 0 Å². The van der Waals surface area contributed by atoms with Crippen LogP contribution in [0.25, 0.3) is 0 Å². The number of likely N-dealkylation sites (tertiary alicyclic amines) is 1. The van der Waals surface area contributed by atoms with Crippen LogP contribution in [0, 0.1) is 5.92 Å². The first kappa shape index (κ1) is 11.9. The summed E-state index contributed by atoms with van der Waals surface area (Å²) in [6.45, 7) is 5.84. The summed E-state index contributed by atoms with van der Waals surface area (Å²) in [5.74, 6) is 0.866. The molecule has 2 aliphatic heterocycles. The van der Waals surface area contributed by atoms with Crippen LogP contribution in [0.4, 0.5) is 0 Å². The maximum atomic E-state index is 5.40. The molecule has 1 saturated carbocycles. The van der Waals surface area contributed by atoms with Gasteiger partial charge in [0.25, 0.3) is 0 Å². The van der Waals surface area contributed by atoms with Crippen molar-refractivity contribution in [1.29, 1.82) is 0 Å². The Bertz CT molecular complexity index is 228. The summed E-state index contributed by atoms with van der Waals surface area (Å²) in [6, 6.07) is 1.75. The zero-order chi connectivity index (χ0) is 11.5. The fourth-order valence-electron chi connectivity index (χ4n) is 3.19. The molecule has 0 aromatic heterocycles. The molecule has 0 aromatic rings. The molecule has 3 rings (SSSR count). The molecule has 3 heteroatoms. The quantitative estimate of drug-likeness (QED) is 0.805. The number of ether oxygens (including phenoxy) is 1. The Balaban J connectivity index is 1.32. The Morgan fingerprint density at radius 3 is 2.29 bits per heavy atom. The fraction of sp³-hybridized carbons (Fsp3) is 1.00. The summed E-state index contributed by atoms with van der Waals surface area (Å²) in [4.78, 5) is 2.70. The van der Waals surface area contributed by atoms with Crippen molar-refractivity contribution in [1.82, 2.24) is 10.2 Å². The number of nitrogens with zero attached hydrogens (tertiary/aromatic N) is 1. The van der Waals surface area contributed by atoms with Gasteiger partial charge >= 0.3 is 0 Å². The molecule has 0 unspecified atom stereocenters. The highest BCUT2D eigenvalue weighted by atomic mass is 16.5. The standard InChI is InChI=1S/C14H26N2O/c1-2-14(1)16-7-3-13(4-8-16)15-11-12-5-9-17-10-6-12/h12-15H,1-11H2. The molecule has 0 spiro atoms. The molecule has 3 aliphatic rings. The Labute approximate surface area is 105 Å². The van der Waals surface area contributed by atoms with Gasteiger partial charge in [-0.25, -0.2) is 0 Å². The number of hydrogen-bond donors (Lipinski definition) is 1. The molecule has 2 heterocycles. The molecule has 0 bridgehead atoms. The minimum absolute atomic E-state index is 0.785. The lowest BCUT2D eigenvalue weighted by Gasteiger charge is -2.33. The van der Waals surface area contributed by atoms with Gasteiger partial charge in [0, 0.05) is 25.3 Å². The normalized spacial score (nSPS) is 29.6. The van der Waals surface area contributed by atoms with Crippen molar-refractivity contribution in [2.75, 3.05) is 32.8 Å². The maximum Gasteiger partial charge on any atom is 0.0469 e. The van der Waals surface area contributed by atoms with Gasteiger partial charge in [-0.1, -0.05) is 0 Å². The monoisotopic (exact) mass is 238 g/mol. The van der Waals surface area contributed by atoms with Crippen molar-refractivity contribution >= 4 is 0 Å². The summed E-state index contributed by atoms with van der Waals surface area (Å²) in [5, 5.41) is 3.79. The van der Waals surface area contributed by atoms with E-state index < -0.39 is 0 Å². The molecule has 1 aliphatic carbocycles. The smallest absolute Gasteiger partial charge is 0.0469 e. The van der Waals surface area contributed by atoms with Crippen LogP contribution < -0.4 is 5.32 Å². The van der Waals surface area contributed by atoms with Crippen LogP contribution in [0.3, 0.4) is 0 Å². The molecule has 3 fully saturated rings. The van der Waals surface area contributed by atoms with Gasteiger partial charge in [0.1, 0.15) is 0 Å². The van der Waals surface area contributed by atoms with E-state index in [4.69, 9.17) is 4.74 Å². The lowest BCUT2D eigenvalue weighted by molar-refractivity contribution is 0.0642. The molecule has 2 saturated heterocycles. The molecule has 1 N–H and O–H groups in total. The van der Waals surface area contributed by atoms with Crippen LogP contribution >= 0.6 is 0 Å². The summed E-state index contributed by atoms with van der Waals surface area (Å²) in [5.41, 5.74) is 0. The minimum atomic E-state index is 0.785. The van der Waals surface area contributed by atoms with Crippen LogP contribution in [0.1, 0.15) is 38.5 Å². The second-order valence-corrected chi connectivity index (χ2v) is 6.01. The lowest BCUT2D eigenvalue weighted by atomic mass is 9.98. The van der Waals surface area contributed by atoms with E-state index in [1.54, 1.807) is 0 Å². The highest BCUT2D eigenvalue weighted by Crippen LogP contribution is 2.29. The van der Waals surface area contributed by atoms with Crippen molar-refractivity contribution in [2.45, 2.75) is 50.6 Å². The third-order valence-corrected chi connectivity index (χ3v) is 4.63. The van der Waals surface area contributed by atoms with Gasteiger partial charge in [-0.05, 0) is 64.1 Å². The van der Waals surface area contributed by atoms with E-state index in [9.17, 15) is 0 Å². The first-order valence-electron chi connectivity index (χ1n) is 7.47. The Hall–Kier alpha value is -0.120. The van der Waals surface area contributed by atoms with Gasteiger partial charge in [-0.15, -0.1) is 0 Å². The molecule has 0 aromatic carbocycles. The van der Waals surface area contributed by atoms with Gasteiger partial charge in [0.15, 0.2) is 0 Å². The SMILES string of the molecule is C1CC(CNC2CCN(C3CC3)CC2)CCO1. The van der Waals surface area contributed by atoms with E-state index in [2.05, 4.69) is 10.2 Å². The van der Waals surface area contributed by atoms with Gasteiger partial charge in [-0.2, -0.15) is 0 Å². The summed E-state index contributed by atoms with van der Waals surface area (Å²) >= 11 is 0. The average Bonchev–Trinajstić information content (AvgIpc) is 3.23. The number of nitrogens with one attached hydrogen (secondary N) is 1. The number of rotatable bonds is 4. The molecule has 17 heavy (non-hydrogen) atoms. The largest absolute Gasteiger partial charge is 0.381 e. The topological polar surface area (TPSA) is 24.5 Å². The van der Waals surface area contributed by atoms with E-state index in [1.807, 2.05) is 0 Å². The Morgan fingerprint density at radius 2 is 1.65 bits per heavy atom. The predicted octanol–water partition coefficient (Wildman–Crippen LogP) is 1.63. The maximum absolute atomic E-state index is 5.40. The molecule has 98 valence electrons. The van der Waals surface area contributed by atoms with E-state index in [0.717, 1.165) is 31.2 Å². The van der Waals surface area contributed by atoms with Gasteiger partial charge in [0.05, 0.1) is 0 Å². The van der Waals surface area contributed by atoms with Crippen LogP contribution in [0.2, 0.25) is 0 Å². The molecule has 0 radical (unpaired) electrons. The van der Waals surface area contributed by atoms with Crippen LogP contribution in [-0.4, -0.2) is 49.8 Å². The van der Waals surface area contributed by atoms with Gasteiger partial charge < -0.3 is 15.0 Å². The Kier molecular flexibility index (Phi) is 3.99. The molecule has 0 atom stereocenters. The van der Waals surface area contributed by atoms with Crippen LogP contribution in [0.15, 0.2) is 0 Å². The zero-order valence-corrected chi connectivity index (χ0v) is 10.9. The van der Waals surface area contributed by atoms with Crippen molar-refractivity contribution in [3.8, 4) is 0 Å². The second kappa shape index (κ2) is 5.68. The minimum Gasteiger partial charge on any atom is -0.381 e. The molecule has 0 amide bonds. The highest BCUT2D eigenvalue weighted by Gasteiger charge is 2.31. The second-order valence-electron chi connectivity index (χ2n) is 6.01. The van der Waals surface area contributed by atoms with Crippen molar-refractivity contribution in [2.24, 2.45) is 5.92 Å². The fourth-order valence-corrected chi connectivity index (χ4v) is 3.19. The van der Waals surface area contributed by atoms with Crippen molar-refractivity contribution in [3.05, 3.63) is 0 Å². The summed E-state index contributed by atoms with van der Waals surface area (Å²) in [7, 11) is 0. The third kappa shape index (κ3) is 3.43. The van der Waals surface area contributed by atoms with Crippen LogP contribution in [-0.2, 0) is 4.74 Å². The number of hydrogen-bond acceptors (Lipinski definition) is 3. The average molecular weight is 238 g/mol. The predicted molar refractivity (Wildman–Crippen MR) is 69.2 cm³/mol. The molecule has 3 nitrogen and oxygen atoms in total. The van der Waals surface area contributed by atoms with E-state index in [-0.39, 0.29) is 0 Å². The summed E-state index contributed by atoms with van der Waals surface area (Å²) < 4.78 is 5.40. The first-order valence-corrected chi connectivity index (χ1v) is 7.47. The number of piperidine rings is 1. The highest BCUT2D eigenvalue weighted by molar-refractivity contribution is 4.89. The zero-order valence-electron chi connectivity index (χ0n) is 10.9. The van der Waals surface area contributed by atoms with E-state index in [0.29, 0.717) is 0 Å². The molecular formula is C14H26N2O. The Morgan fingerprint density at radius 1 is 0.941 bits per heavy atom. The van der Waals surface area contributed by atoms with E-state index in [1.165, 1.54) is 58.2 Å². The lowest BCUT2D eigenvalue weighted by Crippen LogP contribution is -2.44. The third-order valence-electron chi connectivity index (χ3n) is 4.63.